The number of benzene rings is 3. The third kappa shape index (κ3) is 3.13. The van der Waals surface area contributed by atoms with Crippen molar-refractivity contribution in [3.8, 4) is 11.5 Å². The first-order valence-corrected chi connectivity index (χ1v) is 10.4. The number of halogens is 1. The second-order valence-corrected chi connectivity index (χ2v) is 7.98. The summed E-state index contributed by atoms with van der Waals surface area (Å²) in [6.07, 6.45) is 2.23. The molecule has 4 aromatic rings. The number of imidazole rings is 1. The molecule has 5 nitrogen and oxygen atoms in total. The highest BCUT2D eigenvalue weighted by Crippen LogP contribution is 2.39. The minimum atomic E-state index is -0.0533. The van der Waals surface area contributed by atoms with Gasteiger partial charge in [-0.1, -0.05) is 46.3 Å². The Morgan fingerprint density at radius 3 is 2.57 bits per heavy atom. The summed E-state index contributed by atoms with van der Waals surface area (Å²) in [5.41, 5.74) is 5.22. The second kappa shape index (κ2) is 7.54. The molecule has 0 spiro atoms. The maximum absolute atomic E-state index is 5.56. The highest BCUT2D eigenvalue weighted by molar-refractivity contribution is 9.10. The van der Waals surface area contributed by atoms with Crippen molar-refractivity contribution in [2.24, 2.45) is 0 Å². The lowest BCUT2D eigenvalue weighted by molar-refractivity contribution is 0.354. The molecule has 5 rings (SSSR count). The van der Waals surface area contributed by atoms with Crippen LogP contribution in [0.3, 0.4) is 0 Å². The number of hydrogen-bond donors (Lipinski definition) is 1. The Bertz CT molecular complexity index is 1280. The van der Waals surface area contributed by atoms with Crippen LogP contribution in [0.1, 0.15) is 17.2 Å². The van der Waals surface area contributed by atoms with Crippen molar-refractivity contribution in [2.45, 2.75) is 6.04 Å². The minimum absolute atomic E-state index is 0.0533. The summed E-state index contributed by atoms with van der Waals surface area (Å²) < 4.78 is 14.2. The van der Waals surface area contributed by atoms with E-state index < -0.39 is 0 Å². The van der Waals surface area contributed by atoms with E-state index in [1.54, 1.807) is 14.2 Å². The van der Waals surface area contributed by atoms with Gasteiger partial charge < -0.3 is 14.8 Å². The molecule has 1 N–H and O–H groups in total. The summed E-state index contributed by atoms with van der Waals surface area (Å²) >= 11 is 3.58. The number of anilines is 1. The number of fused-ring (bicyclic) bond motifs is 3. The molecule has 150 valence electrons. The standard InChI is InChI=1S/C24H20BrN3O2/c1-29-22-11-10-16(13-23(22)30-2)21-14-19(15-6-5-7-17(25)12-15)27-24-26-18-8-3-4-9-20(18)28(21)24/h3-14,21H,1-2H3,(H,26,27)/t21-/m1/s1. The largest absolute Gasteiger partial charge is 0.493 e. The Morgan fingerprint density at radius 2 is 1.77 bits per heavy atom. The van der Waals surface area contributed by atoms with Gasteiger partial charge in [0.05, 0.1) is 31.3 Å². The molecule has 0 amide bonds. The lowest BCUT2D eigenvalue weighted by atomic mass is 10.0. The molecular formula is C24H20BrN3O2. The van der Waals surface area contributed by atoms with Crippen molar-refractivity contribution in [3.63, 3.8) is 0 Å². The highest BCUT2D eigenvalue weighted by Gasteiger charge is 2.26. The number of methoxy groups -OCH3 is 2. The van der Waals surface area contributed by atoms with E-state index in [1.807, 2.05) is 42.5 Å². The average Bonchev–Trinajstić information content (AvgIpc) is 3.16. The monoisotopic (exact) mass is 461 g/mol. The van der Waals surface area contributed by atoms with E-state index in [0.717, 1.165) is 38.3 Å². The van der Waals surface area contributed by atoms with E-state index in [4.69, 9.17) is 14.5 Å². The highest BCUT2D eigenvalue weighted by atomic mass is 79.9. The van der Waals surface area contributed by atoms with E-state index in [-0.39, 0.29) is 6.04 Å². The van der Waals surface area contributed by atoms with Crippen molar-refractivity contribution >= 4 is 38.6 Å². The summed E-state index contributed by atoms with van der Waals surface area (Å²) in [4.78, 5) is 4.85. The average molecular weight is 462 g/mol. The molecule has 0 saturated heterocycles. The lowest BCUT2D eigenvalue weighted by Crippen LogP contribution is -2.19. The zero-order chi connectivity index (χ0) is 20.7. The molecule has 1 aromatic heterocycles. The zero-order valence-corrected chi connectivity index (χ0v) is 18.2. The van der Waals surface area contributed by atoms with Crippen molar-refractivity contribution in [1.82, 2.24) is 9.55 Å². The van der Waals surface area contributed by atoms with Crippen LogP contribution >= 0.6 is 15.9 Å². The predicted octanol–water partition coefficient (Wildman–Crippen LogP) is 5.87. The van der Waals surface area contributed by atoms with E-state index in [0.29, 0.717) is 11.5 Å². The van der Waals surface area contributed by atoms with Gasteiger partial charge in [0.2, 0.25) is 5.95 Å². The van der Waals surface area contributed by atoms with Gasteiger partial charge in [0.25, 0.3) is 0 Å². The number of nitrogens with zero attached hydrogens (tertiary/aromatic N) is 2. The molecule has 1 aliphatic rings. The van der Waals surface area contributed by atoms with Crippen LogP contribution in [0.2, 0.25) is 0 Å². The Hall–Kier alpha value is -3.25. The van der Waals surface area contributed by atoms with Gasteiger partial charge in [0.1, 0.15) is 0 Å². The predicted molar refractivity (Wildman–Crippen MR) is 123 cm³/mol. The number of allylic oxidation sites excluding steroid dienone is 1. The molecular weight excluding hydrogens is 442 g/mol. The first-order valence-electron chi connectivity index (χ1n) is 9.61. The van der Waals surface area contributed by atoms with Gasteiger partial charge in [-0.05, 0) is 53.6 Å². The van der Waals surface area contributed by atoms with Gasteiger partial charge in [-0.15, -0.1) is 0 Å². The Balaban J connectivity index is 1.72. The Kier molecular flexibility index (Phi) is 4.71. The fraction of sp³-hybridized carbons (Fsp3) is 0.125. The first-order chi connectivity index (χ1) is 14.7. The van der Waals surface area contributed by atoms with Crippen LogP contribution in [0.15, 0.2) is 77.3 Å². The zero-order valence-electron chi connectivity index (χ0n) is 16.6. The number of nitrogens with one attached hydrogen (secondary N) is 1. The van der Waals surface area contributed by atoms with Gasteiger partial charge in [0.15, 0.2) is 11.5 Å². The van der Waals surface area contributed by atoms with Crippen molar-refractivity contribution in [2.75, 3.05) is 19.5 Å². The van der Waals surface area contributed by atoms with E-state index in [1.165, 1.54) is 0 Å². The van der Waals surface area contributed by atoms with Crippen molar-refractivity contribution in [1.29, 1.82) is 0 Å². The minimum Gasteiger partial charge on any atom is -0.493 e. The van der Waals surface area contributed by atoms with Gasteiger partial charge >= 0.3 is 0 Å². The number of para-hydroxylation sites is 2. The summed E-state index contributed by atoms with van der Waals surface area (Å²) in [7, 11) is 3.31. The topological polar surface area (TPSA) is 48.3 Å². The van der Waals surface area contributed by atoms with E-state index in [9.17, 15) is 0 Å². The van der Waals surface area contributed by atoms with Crippen LogP contribution in [0, 0.1) is 0 Å². The molecule has 6 heteroatoms. The second-order valence-electron chi connectivity index (χ2n) is 7.07. The summed E-state index contributed by atoms with van der Waals surface area (Å²) in [5, 5.41) is 3.52. The van der Waals surface area contributed by atoms with Crippen LogP contribution in [0.25, 0.3) is 16.7 Å². The van der Waals surface area contributed by atoms with Crippen LogP contribution in [-0.4, -0.2) is 23.8 Å². The van der Waals surface area contributed by atoms with Crippen molar-refractivity contribution < 1.29 is 9.47 Å². The SMILES string of the molecule is COc1ccc([C@H]2C=C(c3cccc(Br)c3)Nc3nc4ccccc4n32)cc1OC. The molecule has 0 fully saturated rings. The van der Waals surface area contributed by atoms with Gasteiger partial charge in [-0.2, -0.15) is 0 Å². The molecule has 0 saturated carbocycles. The molecule has 2 heterocycles. The summed E-state index contributed by atoms with van der Waals surface area (Å²) in [5.74, 6) is 2.23. The number of rotatable bonds is 4. The lowest BCUT2D eigenvalue weighted by Gasteiger charge is -2.27. The molecule has 0 aliphatic carbocycles. The molecule has 0 radical (unpaired) electrons. The number of hydrogen-bond acceptors (Lipinski definition) is 4. The third-order valence-electron chi connectivity index (χ3n) is 5.33. The van der Waals surface area contributed by atoms with E-state index >= 15 is 0 Å². The summed E-state index contributed by atoms with van der Waals surface area (Å²) in [6, 6.07) is 22.4. The molecule has 0 bridgehead atoms. The Labute approximate surface area is 183 Å². The maximum Gasteiger partial charge on any atom is 0.209 e. The number of aromatic nitrogens is 2. The van der Waals surface area contributed by atoms with Crippen molar-refractivity contribution in [3.05, 3.63) is 88.4 Å². The normalized spacial score (nSPS) is 15.3. The number of ether oxygens (including phenoxy) is 2. The Morgan fingerprint density at radius 1 is 0.933 bits per heavy atom. The smallest absolute Gasteiger partial charge is 0.209 e. The maximum atomic E-state index is 5.56. The fourth-order valence-electron chi connectivity index (χ4n) is 3.92. The fourth-order valence-corrected chi connectivity index (χ4v) is 4.31. The van der Waals surface area contributed by atoms with E-state index in [2.05, 4.69) is 56.2 Å². The quantitative estimate of drug-likeness (QED) is 0.412. The summed E-state index contributed by atoms with van der Waals surface area (Å²) in [6.45, 7) is 0. The van der Waals surface area contributed by atoms with Crippen LogP contribution < -0.4 is 14.8 Å². The van der Waals surface area contributed by atoms with Crippen LogP contribution in [0.4, 0.5) is 5.95 Å². The first kappa shape index (κ1) is 18.8. The van der Waals surface area contributed by atoms with Crippen LogP contribution in [0.5, 0.6) is 11.5 Å². The molecule has 0 unspecified atom stereocenters. The van der Waals surface area contributed by atoms with Gasteiger partial charge in [0, 0.05) is 10.2 Å². The van der Waals surface area contributed by atoms with Gasteiger partial charge in [-0.25, -0.2) is 4.98 Å². The van der Waals surface area contributed by atoms with Gasteiger partial charge in [-0.3, -0.25) is 4.57 Å². The molecule has 1 atom stereocenters. The molecule has 30 heavy (non-hydrogen) atoms. The third-order valence-corrected chi connectivity index (χ3v) is 5.82. The molecule has 3 aromatic carbocycles. The molecule has 1 aliphatic heterocycles. The van der Waals surface area contributed by atoms with Crippen LogP contribution in [-0.2, 0) is 0 Å².